The fourth-order valence-electron chi connectivity index (χ4n) is 4.68. The molecular formula is C27H54N2O4S. The highest BCUT2D eigenvalue weighted by molar-refractivity contribution is 7.80. The summed E-state index contributed by atoms with van der Waals surface area (Å²) in [5, 5.41) is 0. The van der Waals surface area contributed by atoms with E-state index in [4.69, 9.17) is 4.99 Å². The predicted octanol–water partition coefficient (Wildman–Crippen LogP) is 7.17. The number of rotatable bonds is 21. The van der Waals surface area contributed by atoms with Crippen molar-refractivity contribution in [1.82, 2.24) is 0 Å². The second-order valence-corrected chi connectivity index (χ2v) is 10.5. The molecule has 202 valence electrons. The van der Waals surface area contributed by atoms with Crippen molar-refractivity contribution in [3.63, 3.8) is 0 Å². The van der Waals surface area contributed by atoms with Crippen molar-refractivity contribution in [2.75, 3.05) is 32.8 Å². The van der Waals surface area contributed by atoms with Crippen LogP contribution in [0.25, 0.3) is 0 Å². The van der Waals surface area contributed by atoms with Gasteiger partial charge in [-0.2, -0.15) is 0 Å². The monoisotopic (exact) mass is 502 g/mol. The van der Waals surface area contributed by atoms with Crippen molar-refractivity contribution in [3.05, 3.63) is 12.7 Å². The Morgan fingerprint density at radius 2 is 1.35 bits per heavy atom. The maximum absolute atomic E-state index is 9.45. The summed E-state index contributed by atoms with van der Waals surface area (Å²) in [7, 11) is -4.42. The van der Waals surface area contributed by atoms with Gasteiger partial charge in [-0.15, -0.1) is 0 Å². The molecule has 1 unspecified atom stereocenters. The van der Waals surface area contributed by atoms with Crippen molar-refractivity contribution in [2.45, 2.75) is 124 Å². The third kappa shape index (κ3) is 17.6. The Morgan fingerprint density at radius 1 is 0.882 bits per heavy atom. The van der Waals surface area contributed by atoms with Gasteiger partial charge < -0.3 is 4.55 Å². The van der Waals surface area contributed by atoms with Gasteiger partial charge in [-0.25, -0.2) is 13.4 Å². The highest BCUT2D eigenvalue weighted by atomic mass is 32.3. The van der Waals surface area contributed by atoms with Crippen LogP contribution in [0.4, 0.5) is 0 Å². The zero-order valence-electron chi connectivity index (χ0n) is 22.6. The Balaban J connectivity index is 0.00000135. The number of likely N-dealkylation sites (N-methyl/N-ethyl adjacent to an activating group) is 1. The fraction of sp³-hybridized carbons (Fsp3) is 0.889. The van der Waals surface area contributed by atoms with Crippen molar-refractivity contribution < 1.29 is 21.6 Å². The summed E-state index contributed by atoms with van der Waals surface area (Å²) in [5.74, 6) is 1.45. The molecule has 0 radical (unpaired) electrons. The molecule has 1 aliphatic rings. The number of nitrogens with zero attached hydrogens (tertiary/aromatic N) is 2. The Hall–Kier alpha value is -0.760. The smallest absolute Gasteiger partial charge is 0.217 e. The van der Waals surface area contributed by atoms with Gasteiger partial charge in [0, 0.05) is 6.42 Å². The average Bonchev–Trinajstić information content (AvgIpc) is 3.19. The second kappa shape index (κ2) is 21.5. The lowest BCUT2D eigenvalue weighted by atomic mass is 10.0. The van der Waals surface area contributed by atoms with Gasteiger partial charge in [0.05, 0.1) is 19.7 Å². The first-order chi connectivity index (χ1) is 16.3. The minimum atomic E-state index is -4.42. The van der Waals surface area contributed by atoms with E-state index in [1.165, 1.54) is 129 Å². The molecule has 0 saturated carbocycles. The van der Waals surface area contributed by atoms with Crippen molar-refractivity contribution in [2.24, 2.45) is 4.99 Å². The summed E-state index contributed by atoms with van der Waals surface area (Å²) in [6.45, 7) is 14.3. The van der Waals surface area contributed by atoms with Gasteiger partial charge >= 0.3 is 0 Å². The van der Waals surface area contributed by atoms with Gasteiger partial charge in [0.25, 0.3) is 0 Å². The van der Waals surface area contributed by atoms with Crippen LogP contribution in [0.2, 0.25) is 0 Å². The molecule has 0 bridgehead atoms. The first-order valence-corrected chi connectivity index (χ1v) is 15.3. The van der Waals surface area contributed by atoms with Crippen LogP contribution in [0, 0.1) is 0 Å². The van der Waals surface area contributed by atoms with Crippen LogP contribution in [-0.4, -0.2) is 56.1 Å². The topological polar surface area (TPSA) is 78.8 Å². The number of hydrogen-bond acceptors (Lipinski definition) is 5. The molecule has 0 saturated heterocycles. The molecule has 1 heterocycles. The summed E-state index contributed by atoms with van der Waals surface area (Å²) in [5.41, 5.74) is 0. The van der Waals surface area contributed by atoms with Crippen molar-refractivity contribution >= 4 is 16.2 Å². The first-order valence-electron chi connectivity index (χ1n) is 14.0. The lowest BCUT2D eigenvalue weighted by molar-refractivity contribution is -0.828. The molecular weight excluding hydrogens is 448 g/mol. The standard InChI is InChI=1S/C25H49N2.C2H6O4S/c1-4-7-8-9-10-11-12-13-14-15-16-17-18-19-20-21-25-26-22-24-27(25,6-3)23-5-2;1-2-6-7(3,4)5/h5H,2,4,6-24H2,1,3H3;2H2,1H3,(H,3,4,5)/q+1;/p-1. The molecule has 34 heavy (non-hydrogen) atoms. The van der Waals surface area contributed by atoms with E-state index in [2.05, 4.69) is 30.7 Å². The molecule has 0 aromatic carbocycles. The highest BCUT2D eigenvalue weighted by Gasteiger charge is 2.34. The minimum absolute atomic E-state index is 0.0914. The summed E-state index contributed by atoms with van der Waals surface area (Å²) >= 11 is 0. The summed E-state index contributed by atoms with van der Waals surface area (Å²) < 4.78 is 33.1. The van der Waals surface area contributed by atoms with E-state index in [1.807, 2.05) is 0 Å². The van der Waals surface area contributed by atoms with E-state index >= 15 is 0 Å². The van der Waals surface area contributed by atoms with Gasteiger partial charge in [-0.3, -0.25) is 8.67 Å². The van der Waals surface area contributed by atoms with E-state index in [0.29, 0.717) is 0 Å². The fourth-order valence-corrected chi connectivity index (χ4v) is 4.97. The van der Waals surface area contributed by atoms with Crippen molar-refractivity contribution in [3.8, 4) is 0 Å². The maximum Gasteiger partial charge on any atom is 0.217 e. The van der Waals surface area contributed by atoms with Crippen LogP contribution >= 0.6 is 0 Å². The highest BCUT2D eigenvalue weighted by Crippen LogP contribution is 2.20. The molecule has 0 aliphatic carbocycles. The molecule has 0 aromatic rings. The Kier molecular flexibility index (Phi) is 21.0. The Morgan fingerprint density at radius 3 is 1.71 bits per heavy atom. The normalized spacial score (nSPS) is 17.8. The van der Waals surface area contributed by atoms with Crippen LogP contribution in [0.3, 0.4) is 0 Å². The van der Waals surface area contributed by atoms with Crippen LogP contribution in [0.5, 0.6) is 0 Å². The molecule has 0 aromatic heterocycles. The van der Waals surface area contributed by atoms with Gasteiger partial charge in [0.15, 0.2) is 5.84 Å². The summed E-state index contributed by atoms with van der Waals surface area (Å²) in [6, 6.07) is 0. The maximum atomic E-state index is 9.45. The third-order valence-corrected chi connectivity index (χ3v) is 7.24. The van der Waals surface area contributed by atoms with E-state index in [0.717, 1.165) is 17.6 Å². The predicted molar refractivity (Wildman–Crippen MR) is 144 cm³/mol. The van der Waals surface area contributed by atoms with Crippen LogP contribution in [0.1, 0.15) is 124 Å². The van der Waals surface area contributed by atoms with E-state index in [9.17, 15) is 13.0 Å². The molecule has 1 aliphatic heterocycles. The number of aliphatic imine (C=N–C) groups is 1. The molecule has 0 fully saturated rings. The van der Waals surface area contributed by atoms with Crippen molar-refractivity contribution in [1.29, 1.82) is 0 Å². The summed E-state index contributed by atoms with van der Waals surface area (Å²) in [6.07, 6.45) is 24.8. The molecule has 0 amide bonds. The van der Waals surface area contributed by atoms with Crippen LogP contribution < -0.4 is 0 Å². The molecule has 1 rings (SSSR count). The van der Waals surface area contributed by atoms with E-state index < -0.39 is 10.4 Å². The molecule has 0 N–H and O–H groups in total. The third-order valence-electron chi connectivity index (χ3n) is 6.72. The van der Waals surface area contributed by atoms with Gasteiger partial charge in [-0.1, -0.05) is 103 Å². The zero-order valence-corrected chi connectivity index (χ0v) is 23.4. The van der Waals surface area contributed by atoms with Gasteiger partial charge in [-0.05, 0) is 26.3 Å². The van der Waals surface area contributed by atoms with Crippen LogP contribution in [0.15, 0.2) is 17.6 Å². The number of unbranched alkanes of at least 4 members (excludes halogenated alkanes) is 14. The van der Waals surface area contributed by atoms with E-state index in [-0.39, 0.29) is 6.61 Å². The zero-order chi connectivity index (χ0) is 25.5. The second-order valence-electron chi connectivity index (χ2n) is 9.47. The van der Waals surface area contributed by atoms with Gasteiger partial charge in [0.2, 0.25) is 10.4 Å². The van der Waals surface area contributed by atoms with Gasteiger partial charge in [0.1, 0.15) is 13.1 Å². The quantitative estimate of drug-likeness (QED) is 0.0548. The number of quaternary nitrogens is 1. The Labute approximate surface area is 211 Å². The molecule has 6 nitrogen and oxygen atoms in total. The number of hydrogen-bond donors (Lipinski definition) is 0. The lowest BCUT2D eigenvalue weighted by Gasteiger charge is -2.32. The average molecular weight is 503 g/mol. The largest absolute Gasteiger partial charge is 0.726 e. The van der Waals surface area contributed by atoms with Crippen LogP contribution in [-0.2, 0) is 14.6 Å². The minimum Gasteiger partial charge on any atom is -0.726 e. The summed E-state index contributed by atoms with van der Waals surface area (Å²) in [4.78, 5) is 4.82. The molecule has 7 heteroatoms. The van der Waals surface area contributed by atoms with E-state index in [1.54, 1.807) is 0 Å². The molecule has 1 atom stereocenters. The molecule has 0 spiro atoms. The SMILES string of the molecule is C=CC[N+]1(CC)CCN=C1CCCCCCCCCCCCCCCCC.CCOS(=O)(=O)[O-]. The first kappa shape index (κ1) is 33.2. The Bertz CT molecular complexity index is 622. The number of amidine groups is 1. The lowest BCUT2D eigenvalue weighted by Crippen LogP contribution is -2.50.